The molecule has 0 aromatic heterocycles. The molecule has 9 nitrogen and oxygen atoms in total. The van der Waals surface area contributed by atoms with Gasteiger partial charge in [0, 0.05) is 12.8 Å². The molecule has 86 heavy (non-hydrogen) atoms. The molecular formula is C76H147NO8P+. The second-order valence-corrected chi connectivity index (χ2v) is 28.5. The highest BCUT2D eigenvalue weighted by molar-refractivity contribution is 7.47. The third-order valence-corrected chi connectivity index (χ3v) is 18.1. The molecule has 0 saturated heterocycles. The molecule has 1 N–H and O–H groups in total. The van der Waals surface area contributed by atoms with Crippen molar-refractivity contribution in [3.63, 3.8) is 0 Å². The van der Waals surface area contributed by atoms with Crippen LogP contribution in [0.1, 0.15) is 386 Å². The minimum Gasteiger partial charge on any atom is -0.462 e. The van der Waals surface area contributed by atoms with Crippen molar-refractivity contribution in [2.45, 2.75) is 392 Å². The fourth-order valence-corrected chi connectivity index (χ4v) is 12.1. The Morgan fingerprint density at radius 3 is 0.930 bits per heavy atom. The van der Waals surface area contributed by atoms with Gasteiger partial charge in [0.2, 0.25) is 0 Å². The van der Waals surface area contributed by atoms with Crippen molar-refractivity contribution in [3.05, 3.63) is 36.5 Å². The molecule has 2 atom stereocenters. The molecule has 0 aliphatic carbocycles. The summed E-state index contributed by atoms with van der Waals surface area (Å²) in [6, 6.07) is 0. The molecule has 0 radical (unpaired) electrons. The molecule has 0 aliphatic rings. The molecule has 0 amide bonds. The van der Waals surface area contributed by atoms with Crippen molar-refractivity contribution in [1.29, 1.82) is 0 Å². The molecule has 0 heterocycles. The lowest BCUT2D eigenvalue weighted by Gasteiger charge is -2.24. The number of nitrogens with zero attached hydrogens (tertiary/aromatic N) is 1. The molecule has 0 aromatic carbocycles. The van der Waals surface area contributed by atoms with E-state index in [1.165, 1.54) is 315 Å². The van der Waals surface area contributed by atoms with E-state index in [-0.39, 0.29) is 25.6 Å². The fraction of sp³-hybridized carbons (Fsp3) is 0.895. The third-order valence-electron chi connectivity index (χ3n) is 17.1. The van der Waals surface area contributed by atoms with Crippen molar-refractivity contribution in [1.82, 2.24) is 0 Å². The van der Waals surface area contributed by atoms with Crippen LogP contribution in [0, 0.1) is 0 Å². The summed E-state index contributed by atoms with van der Waals surface area (Å²) < 4.78 is 34.8. The Morgan fingerprint density at radius 2 is 0.628 bits per heavy atom. The quantitative estimate of drug-likeness (QED) is 0.0211. The number of phosphoric acid groups is 1. The number of rotatable bonds is 71. The van der Waals surface area contributed by atoms with Crippen LogP contribution in [0.15, 0.2) is 36.5 Å². The van der Waals surface area contributed by atoms with Crippen molar-refractivity contribution >= 4 is 19.8 Å². The van der Waals surface area contributed by atoms with Gasteiger partial charge in [-0.15, -0.1) is 0 Å². The van der Waals surface area contributed by atoms with E-state index in [9.17, 15) is 19.0 Å². The molecule has 0 bridgehead atoms. The number of hydrogen-bond acceptors (Lipinski definition) is 7. The van der Waals surface area contributed by atoms with Crippen LogP contribution in [-0.4, -0.2) is 74.9 Å². The van der Waals surface area contributed by atoms with Crippen LogP contribution in [-0.2, 0) is 32.7 Å². The zero-order chi connectivity index (χ0) is 62.6. The monoisotopic (exact) mass is 1230 g/mol. The standard InChI is InChI=1S/C76H146NO8P/c1-6-8-10-12-14-16-18-20-22-24-26-28-30-32-34-36-37-38-39-41-42-44-46-48-50-52-54-56-58-60-62-64-66-68-75(78)82-72-74(73-84-86(80,81)83-71-70-77(3,4)5)85-76(79)69-67-65-63-61-59-57-55-53-51-49-47-45-43-40-35-33-31-29-27-25-23-21-19-17-15-13-11-9-7-2/h19,21,24-27,74H,6-18,20,22-23,28-73H2,1-5H3/p+1/b21-19-,26-24-,27-25-. The van der Waals surface area contributed by atoms with Gasteiger partial charge in [-0.25, -0.2) is 4.57 Å². The van der Waals surface area contributed by atoms with E-state index < -0.39 is 26.5 Å². The molecule has 0 aliphatic heterocycles. The summed E-state index contributed by atoms with van der Waals surface area (Å²) in [4.78, 5) is 35.9. The second-order valence-electron chi connectivity index (χ2n) is 27.0. The van der Waals surface area contributed by atoms with Gasteiger partial charge < -0.3 is 18.9 Å². The number of allylic oxidation sites excluding steroid dienone is 6. The molecule has 2 unspecified atom stereocenters. The van der Waals surface area contributed by atoms with E-state index >= 15 is 0 Å². The van der Waals surface area contributed by atoms with Gasteiger partial charge in [0.25, 0.3) is 0 Å². The van der Waals surface area contributed by atoms with Crippen LogP contribution in [0.4, 0.5) is 0 Å². The number of esters is 2. The fourth-order valence-electron chi connectivity index (χ4n) is 11.3. The largest absolute Gasteiger partial charge is 0.472 e. The Kier molecular flexibility index (Phi) is 66.2. The number of ether oxygens (including phenoxy) is 2. The predicted molar refractivity (Wildman–Crippen MR) is 372 cm³/mol. The van der Waals surface area contributed by atoms with Gasteiger partial charge in [0.1, 0.15) is 19.8 Å². The normalized spacial score (nSPS) is 13.2. The highest BCUT2D eigenvalue weighted by atomic mass is 31.2. The molecule has 10 heteroatoms. The van der Waals surface area contributed by atoms with Crippen LogP contribution >= 0.6 is 7.82 Å². The van der Waals surface area contributed by atoms with Gasteiger partial charge in [-0.3, -0.25) is 18.6 Å². The molecule has 0 rings (SSSR count). The average molecular weight is 1230 g/mol. The summed E-state index contributed by atoms with van der Waals surface area (Å²) in [6.07, 6.45) is 87.0. The van der Waals surface area contributed by atoms with Gasteiger partial charge >= 0.3 is 19.8 Å². The summed E-state index contributed by atoms with van der Waals surface area (Å²) in [6.45, 7) is 4.50. The van der Waals surface area contributed by atoms with Crippen LogP contribution in [0.3, 0.4) is 0 Å². The molecular weight excluding hydrogens is 1090 g/mol. The van der Waals surface area contributed by atoms with Crippen molar-refractivity contribution in [2.24, 2.45) is 0 Å². The van der Waals surface area contributed by atoms with E-state index in [2.05, 4.69) is 50.3 Å². The number of likely N-dealkylation sites (N-methyl/N-ethyl adjacent to an activating group) is 1. The Labute approximate surface area is 535 Å². The van der Waals surface area contributed by atoms with Gasteiger partial charge in [-0.05, 0) is 70.6 Å². The Morgan fingerprint density at radius 1 is 0.360 bits per heavy atom. The third kappa shape index (κ3) is 71.3. The van der Waals surface area contributed by atoms with Gasteiger partial charge in [-0.2, -0.15) is 0 Å². The molecule has 0 saturated carbocycles. The zero-order valence-electron chi connectivity index (χ0n) is 58.1. The maximum atomic E-state index is 12.9. The minimum absolute atomic E-state index is 0.0347. The lowest BCUT2D eigenvalue weighted by molar-refractivity contribution is -0.870. The number of hydrogen-bond donors (Lipinski definition) is 1. The van der Waals surface area contributed by atoms with Crippen molar-refractivity contribution < 1.29 is 42.1 Å². The Hall–Kier alpha value is -1.77. The van der Waals surface area contributed by atoms with Gasteiger partial charge in [0.15, 0.2) is 6.10 Å². The first-order chi connectivity index (χ1) is 42.0. The van der Waals surface area contributed by atoms with E-state index in [1.807, 2.05) is 21.1 Å². The SMILES string of the molecule is CCCCCCC/C=C\C/C=C\CCCCCCCCCCCCCCCCCCCC(=O)OC(COC(=O)CCCCCCCCCCCCCCCCCCCCCCC/C=C\CCCCCCCCCC)COP(=O)(O)OCC[N+](C)(C)C. The highest BCUT2D eigenvalue weighted by Gasteiger charge is 2.27. The van der Waals surface area contributed by atoms with Crippen LogP contribution in [0.25, 0.3) is 0 Å². The molecule has 508 valence electrons. The van der Waals surface area contributed by atoms with E-state index in [0.29, 0.717) is 23.9 Å². The summed E-state index contributed by atoms with van der Waals surface area (Å²) in [5.74, 6) is -0.774. The summed E-state index contributed by atoms with van der Waals surface area (Å²) in [5, 5.41) is 0. The summed E-state index contributed by atoms with van der Waals surface area (Å²) in [7, 11) is 1.50. The molecule has 0 aromatic rings. The highest BCUT2D eigenvalue weighted by Crippen LogP contribution is 2.43. The number of phosphoric ester groups is 1. The van der Waals surface area contributed by atoms with Gasteiger partial charge in [-0.1, -0.05) is 339 Å². The zero-order valence-corrected chi connectivity index (χ0v) is 59.0. The lowest BCUT2D eigenvalue weighted by Crippen LogP contribution is -2.37. The first kappa shape index (κ1) is 84.2. The number of unbranched alkanes of at least 4 members (excludes halogenated alkanes) is 51. The predicted octanol–water partition coefficient (Wildman–Crippen LogP) is 24.6. The van der Waals surface area contributed by atoms with E-state index in [4.69, 9.17) is 18.5 Å². The Bertz CT molecular complexity index is 1540. The minimum atomic E-state index is -4.39. The van der Waals surface area contributed by atoms with Crippen LogP contribution < -0.4 is 0 Å². The van der Waals surface area contributed by atoms with Crippen molar-refractivity contribution in [2.75, 3.05) is 47.5 Å². The maximum Gasteiger partial charge on any atom is 0.472 e. The summed E-state index contributed by atoms with van der Waals surface area (Å²) in [5.41, 5.74) is 0. The maximum absolute atomic E-state index is 12.9. The second kappa shape index (κ2) is 67.6. The lowest BCUT2D eigenvalue weighted by atomic mass is 10.0. The molecule has 0 fully saturated rings. The first-order valence-corrected chi connectivity index (χ1v) is 39.2. The Balaban J connectivity index is 3.95. The van der Waals surface area contributed by atoms with Crippen LogP contribution in [0.2, 0.25) is 0 Å². The molecule has 0 spiro atoms. The van der Waals surface area contributed by atoms with Crippen molar-refractivity contribution in [3.8, 4) is 0 Å². The summed E-state index contributed by atoms with van der Waals surface area (Å²) >= 11 is 0. The van der Waals surface area contributed by atoms with Crippen LogP contribution in [0.5, 0.6) is 0 Å². The van der Waals surface area contributed by atoms with Gasteiger partial charge in [0.05, 0.1) is 27.7 Å². The number of carbonyl (C=O) groups is 2. The number of quaternary nitrogens is 1. The van der Waals surface area contributed by atoms with E-state index in [1.54, 1.807) is 0 Å². The average Bonchev–Trinajstić information content (AvgIpc) is 3.67. The van der Waals surface area contributed by atoms with E-state index in [0.717, 1.165) is 38.5 Å². The smallest absolute Gasteiger partial charge is 0.462 e. The number of carbonyl (C=O) groups excluding carboxylic acids is 2. The topological polar surface area (TPSA) is 108 Å². The first-order valence-electron chi connectivity index (χ1n) is 37.7.